The molecule has 0 saturated carbocycles. The van der Waals surface area contributed by atoms with Gasteiger partial charge in [-0.2, -0.15) is 0 Å². The minimum absolute atomic E-state index is 0.145. The normalized spacial score (nSPS) is 18.7. The van der Waals surface area contributed by atoms with Crippen molar-refractivity contribution < 1.29 is 14.4 Å². The first-order chi connectivity index (χ1) is 26.8. The summed E-state index contributed by atoms with van der Waals surface area (Å²) in [5, 5.41) is 11.8. The summed E-state index contributed by atoms with van der Waals surface area (Å²) in [6, 6.07) is 23.2. The first kappa shape index (κ1) is 40.0. The number of halogens is 1. The minimum Gasteiger partial charge on any atom is -0.361 e. The number of benzene rings is 3. The van der Waals surface area contributed by atoms with E-state index in [4.69, 9.17) is 28.1 Å². The molecule has 0 spiro atoms. The number of H-pyrrole nitrogens is 1. The third-order valence-electron chi connectivity index (χ3n) is 10.0. The molecule has 0 bridgehead atoms. The zero-order valence-electron chi connectivity index (χ0n) is 31.0. The topological polar surface area (TPSA) is 171 Å². The number of nitrogens with zero attached hydrogens (tertiary/aromatic N) is 2. The van der Waals surface area contributed by atoms with Gasteiger partial charge in [0.25, 0.3) is 0 Å². The van der Waals surface area contributed by atoms with Crippen LogP contribution in [0.2, 0.25) is 5.02 Å². The first-order valence-corrected chi connectivity index (χ1v) is 20.0. The quantitative estimate of drug-likeness (QED) is 0.100. The molecule has 0 aliphatic carbocycles. The number of fused-ring (bicyclic) bond motifs is 3. The van der Waals surface area contributed by atoms with Gasteiger partial charge in [-0.05, 0) is 97.3 Å². The Kier molecular flexibility index (Phi) is 14.0. The first-order valence-electron chi connectivity index (χ1n) is 18.8. The predicted molar refractivity (Wildman–Crippen MR) is 219 cm³/mol. The summed E-state index contributed by atoms with van der Waals surface area (Å²) in [5.74, 6) is -1.00. The molecule has 8 N–H and O–H groups in total. The standard InChI is InChI=1S/C42H49ClN8O3S/c1-51-37(23-30-25-47-34-15-6-5-14-32(30)34)40(53)49-26-31-21-29(27-11-3-2-4-12-27)22-33(43)38(31)55-41-28(13-10-20-46-41)24-48-35(17-9-19-45)39(52)50-36(42(51)54)16-7-8-18-44/h2-6,10-15,20-22,25,35-37,47-48H,7-9,16-19,23-24,26,44-45H2,1H3,(H,49,53)(H,50,52)/t35-,36-,37-/m0/s1. The molecule has 6 rings (SSSR count). The van der Waals surface area contributed by atoms with E-state index in [1.807, 2.05) is 85.1 Å². The average Bonchev–Trinajstić information content (AvgIpc) is 3.62. The van der Waals surface area contributed by atoms with Crippen LogP contribution < -0.4 is 27.4 Å². The summed E-state index contributed by atoms with van der Waals surface area (Å²) >= 11 is 8.52. The molecule has 1 aliphatic rings. The van der Waals surface area contributed by atoms with Gasteiger partial charge in [-0.3, -0.25) is 14.4 Å². The number of amides is 3. The number of hydrogen-bond donors (Lipinski definition) is 6. The molecule has 0 radical (unpaired) electrons. The third kappa shape index (κ3) is 9.94. The van der Waals surface area contributed by atoms with Gasteiger partial charge in [-0.15, -0.1) is 0 Å². The summed E-state index contributed by atoms with van der Waals surface area (Å²) in [5.41, 5.74) is 17.1. The number of para-hydroxylation sites is 1. The fraction of sp³-hybridized carbons (Fsp3) is 0.333. The number of nitrogens with two attached hydrogens (primary N) is 2. The molecule has 0 fully saturated rings. The molecule has 3 amide bonds. The van der Waals surface area contributed by atoms with Crippen molar-refractivity contribution in [2.45, 2.75) is 79.7 Å². The number of rotatable bonds is 10. The van der Waals surface area contributed by atoms with E-state index in [1.165, 1.54) is 16.7 Å². The number of carbonyl (C=O) groups is 3. The number of aromatic nitrogens is 2. The van der Waals surface area contributed by atoms with Gasteiger partial charge >= 0.3 is 0 Å². The minimum atomic E-state index is -0.909. The predicted octanol–water partition coefficient (Wildman–Crippen LogP) is 5.54. The zero-order chi connectivity index (χ0) is 38.7. The lowest BCUT2D eigenvalue weighted by atomic mass is 10.0. The molecule has 3 aromatic carbocycles. The molecule has 11 nitrogen and oxygen atoms in total. The van der Waals surface area contributed by atoms with Crippen molar-refractivity contribution in [1.29, 1.82) is 0 Å². The fourth-order valence-electron chi connectivity index (χ4n) is 6.96. The Morgan fingerprint density at radius 2 is 1.60 bits per heavy atom. The van der Waals surface area contributed by atoms with E-state index in [0.29, 0.717) is 61.8 Å². The summed E-state index contributed by atoms with van der Waals surface area (Å²) < 4.78 is 0. The molecule has 1 aliphatic heterocycles. The van der Waals surface area contributed by atoms with E-state index in [-0.39, 0.29) is 30.7 Å². The Hall–Kier alpha value is -4.72. The highest BCUT2D eigenvalue weighted by Crippen LogP contribution is 2.40. The van der Waals surface area contributed by atoms with Crippen LogP contribution in [0.3, 0.4) is 0 Å². The monoisotopic (exact) mass is 780 g/mol. The van der Waals surface area contributed by atoms with Crippen LogP contribution in [0.15, 0.2) is 101 Å². The number of carbonyl (C=O) groups excluding carboxylic acids is 3. The van der Waals surface area contributed by atoms with E-state index in [9.17, 15) is 14.4 Å². The fourth-order valence-corrected chi connectivity index (χ4v) is 8.31. The third-order valence-corrected chi connectivity index (χ3v) is 11.7. The second kappa shape index (κ2) is 19.2. The lowest BCUT2D eigenvalue weighted by Crippen LogP contribution is -2.57. The molecule has 0 unspecified atom stereocenters. The summed E-state index contributed by atoms with van der Waals surface area (Å²) in [4.78, 5) is 53.4. The number of unbranched alkanes of at least 4 members (excludes halogenated alkanes) is 1. The Morgan fingerprint density at radius 3 is 2.40 bits per heavy atom. The maximum absolute atomic E-state index is 14.5. The van der Waals surface area contributed by atoms with Crippen molar-refractivity contribution in [1.82, 2.24) is 30.8 Å². The van der Waals surface area contributed by atoms with E-state index in [0.717, 1.165) is 43.6 Å². The van der Waals surface area contributed by atoms with Crippen molar-refractivity contribution in [3.63, 3.8) is 0 Å². The SMILES string of the molecule is CN1C(=O)[C@H](CCCCN)NC(=O)[C@H](CCCN)NCc2cccnc2Sc2c(Cl)cc(-c3ccccc3)cc2CNC(=O)[C@@H]1Cc1c[nH]c2ccccc12. The van der Waals surface area contributed by atoms with Crippen molar-refractivity contribution in [2.75, 3.05) is 20.1 Å². The van der Waals surface area contributed by atoms with Gasteiger partial charge in [0.1, 0.15) is 17.1 Å². The van der Waals surface area contributed by atoms with Gasteiger partial charge in [-0.25, -0.2) is 4.98 Å². The van der Waals surface area contributed by atoms with Crippen molar-refractivity contribution in [3.8, 4) is 11.1 Å². The van der Waals surface area contributed by atoms with Crippen molar-refractivity contribution in [3.05, 3.63) is 113 Å². The molecule has 2 aromatic heterocycles. The molecule has 13 heteroatoms. The van der Waals surface area contributed by atoms with Crippen LogP contribution in [0.1, 0.15) is 48.8 Å². The number of hydrogen-bond acceptors (Lipinski definition) is 8. The summed E-state index contributed by atoms with van der Waals surface area (Å²) in [6.45, 7) is 1.35. The number of pyridine rings is 1. The number of aromatic amines is 1. The molecule has 0 saturated heterocycles. The van der Waals surface area contributed by atoms with Gasteiger partial charge in [-0.1, -0.05) is 78.0 Å². The lowest BCUT2D eigenvalue weighted by Gasteiger charge is -2.32. The molecule has 3 heterocycles. The molecular weight excluding hydrogens is 732 g/mol. The highest BCUT2D eigenvalue weighted by Gasteiger charge is 2.34. The van der Waals surface area contributed by atoms with E-state index in [2.05, 4.69) is 20.9 Å². The van der Waals surface area contributed by atoms with Crippen molar-refractivity contribution in [2.24, 2.45) is 11.5 Å². The highest BCUT2D eigenvalue weighted by atomic mass is 35.5. The van der Waals surface area contributed by atoms with Crippen LogP contribution in [-0.4, -0.2) is 70.9 Å². The second-order valence-corrected chi connectivity index (χ2v) is 15.2. The maximum Gasteiger partial charge on any atom is 0.245 e. The van der Waals surface area contributed by atoms with Gasteiger partial charge in [0.05, 0.1) is 11.1 Å². The van der Waals surface area contributed by atoms with Crippen LogP contribution in [-0.2, 0) is 33.9 Å². The largest absolute Gasteiger partial charge is 0.361 e. The van der Waals surface area contributed by atoms with Gasteiger partial charge in [0.2, 0.25) is 17.7 Å². The Bertz CT molecular complexity index is 2090. The Balaban J connectivity index is 1.44. The van der Waals surface area contributed by atoms with E-state index < -0.39 is 18.1 Å². The maximum atomic E-state index is 14.5. The summed E-state index contributed by atoms with van der Waals surface area (Å²) in [7, 11) is 1.64. The lowest BCUT2D eigenvalue weighted by molar-refractivity contribution is -0.142. The summed E-state index contributed by atoms with van der Waals surface area (Å²) in [6.07, 6.45) is 6.60. The Labute approximate surface area is 331 Å². The zero-order valence-corrected chi connectivity index (χ0v) is 32.6. The van der Waals surface area contributed by atoms with Crippen LogP contribution >= 0.6 is 23.4 Å². The molecule has 288 valence electrons. The average molecular weight is 781 g/mol. The van der Waals surface area contributed by atoms with Crippen LogP contribution in [0.25, 0.3) is 22.0 Å². The highest BCUT2D eigenvalue weighted by molar-refractivity contribution is 7.99. The molecular formula is C42H49ClN8O3S. The van der Waals surface area contributed by atoms with Gasteiger partial charge in [0, 0.05) is 54.8 Å². The van der Waals surface area contributed by atoms with Crippen LogP contribution in [0, 0.1) is 0 Å². The molecule has 3 atom stereocenters. The molecule has 55 heavy (non-hydrogen) atoms. The molecule has 5 aromatic rings. The van der Waals surface area contributed by atoms with Gasteiger partial charge < -0.3 is 37.3 Å². The smallest absolute Gasteiger partial charge is 0.245 e. The van der Waals surface area contributed by atoms with Gasteiger partial charge in [0.15, 0.2) is 0 Å². The van der Waals surface area contributed by atoms with Crippen LogP contribution in [0.4, 0.5) is 0 Å². The number of nitrogens with one attached hydrogen (secondary N) is 4. The van der Waals surface area contributed by atoms with Crippen molar-refractivity contribution >= 4 is 52.0 Å². The number of likely N-dealkylation sites (N-methyl/N-ethyl adjacent to an activating group) is 1. The Morgan fingerprint density at radius 1 is 0.836 bits per heavy atom. The second-order valence-electron chi connectivity index (χ2n) is 13.8. The van der Waals surface area contributed by atoms with Crippen LogP contribution in [0.5, 0.6) is 0 Å². The van der Waals surface area contributed by atoms with E-state index >= 15 is 0 Å². The van der Waals surface area contributed by atoms with E-state index in [1.54, 1.807) is 13.2 Å².